The van der Waals surface area contributed by atoms with E-state index in [2.05, 4.69) is 5.32 Å². The predicted octanol–water partition coefficient (Wildman–Crippen LogP) is 2.02. The van der Waals surface area contributed by atoms with Gasteiger partial charge in [0.1, 0.15) is 5.75 Å². The number of hydrogen-bond donors (Lipinski definition) is 2. The molecule has 4 nitrogen and oxygen atoms in total. The molecular formula is C11H16N2O2. The summed E-state index contributed by atoms with van der Waals surface area (Å²) >= 11 is 0. The molecule has 0 aliphatic rings. The molecular weight excluding hydrogens is 192 g/mol. The number of rotatable bonds is 4. The molecule has 1 aromatic carbocycles. The quantitative estimate of drug-likeness (QED) is 0.744. The summed E-state index contributed by atoms with van der Waals surface area (Å²) in [6.07, 6.45) is 0.452. The van der Waals surface area contributed by atoms with Gasteiger partial charge < -0.3 is 15.8 Å². The third-order valence-corrected chi connectivity index (χ3v) is 1.91. The minimum atomic E-state index is -0.0291. The molecule has 0 aliphatic heterocycles. The summed E-state index contributed by atoms with van der Waals surface area (Å²) in [6.45, 7) is 4.27. The molecule has 0 aromatic heterocycles. The Hall–Kier alpha value is -1.71. The van der Waals surface area contributed by atoms with Crippen molar-refractivity contribution in [3.8, 4) is 5.75 Å². The molecule has 0 radical (unpaired) electrons. The number of nitrogens with one attached hydrogen (secondary N) is 1. The lowest BCUT2D eigenvalue weighted by atomic mass is 10.2. The highest BCUT2D eigenvalue weighted by Gasteiger charge is 2.03. The molecule has 1 rings (SSSR count). The number of carbonyl (C=O) groups excluding carboxylic acids is 1. The van der Waals surface area contributed by atoms with E-state index in [0.29, 0.717) is 30.2 Å². The summed E-state index contributed by atoms with van der Waals surface area (Å²) in [6, 6.07) is 5.22. The van der Waals surface area contributed by atoms with Gasteiger partial charge in [0, 0.05) is 12.1 Å². The number of amides is 1. The van der Waals surface area contributed by atoms with Gasteiger partial charge >= 0.3 is 0 Å². The molecule has 1 amide bonds. The number of nitrogens with two attached hydrogens (primary N) is 1. The van der Waals surface area contributed by atoms with Crippen LogP contribution in [0.15, 0.2) is 18.2 Å². The van der Waals surface area contributed by atoms with E-state index >= 15 is 0 Å². The second-order valence-corrected chi connectivity index (χ2v) is 3.09. The van der Waals surface area contributed by atoms with Crippen LogP contribution in [0.5, 0.6) is 5.75 Å². The zero-order chi connectivity index (χ0) is 11.3. The van der Waals surface area contributed by atoms with E-state index in [9.17, 15) is 4.79 Å². The van der Waals surface area contributed by atoms with Crippen molar-refractivity contribution in [1.82, 2.24) is 0 Å². The number of nitrogen functional groups attached to an aromatic ring is 1. The zero-order valence-corrected chi connectivity index (χ0v) is 9.04. The molecule has 1 aromatic rings. The van der Waals surface area contributed by atoms with Crippen molar-refractivity contribution in [3.05, 3.63) is 18.2 Å². The van der Waals surface area contributed by atoms with E-state index in [4.69, 9.17) is 10.5 Å². The Morgan fingerprint density at radius 2 is 2.20 bits per heavy atom. The molecule has 3 N–H and O–H groups in total. The van der Waals surface area contributed by atoms with Crippen molar-refractivity contribution >= 4 is 17.3 Å². The predicted molar refractivity (Wildman–Crippen MR) is 60.9 cm³/mol. The SMILES string of the molecule is CCOc1ccc(NC(=O)CC)cc1N. The van der Waals surface area contributed by atoms with Crippen LogP contribution in [-0.4, -0.2) is 12.5 Å². The molecule has 0 atom stereocenters. The van der Waals surface area contributed by atoms with Crippen LogP contribution in [0.2, 0.25) is 0 Å². The summed E-state index contributed by atoms with van der Waals surface area (Å²) in [5.74, 6) is 0.616. The van der Waals surface area contributed by atoms with Crippen molar-refractivity contribution in [3.63, 3.8) is 0 Å². The van der Waals surface area contributed by atoms with Gasteiger partial charge in [-0.05, 0) is 25.1 Å². The summed E-state index contributed by atoms with van der Waals surface area (Å²) in [4.78, 5) is 11.1. The van der Waals surface area contributed by atoms with Crippen LogP contribution in [0.1, 0.15) is 20.3 Å². The van der Waals surface area contributed by atoms with Crippen molar-refractivity contribution in [2.24, 2.45) is 0 Å². The molecule has 0 unspecified atom stereocenters. The molecule has 0 aliphatic carbocycles. The summed E-state index contributed by atoms with van der Waals surface area (Å²) in [5.41, 5.74) is 6.98. The molecule has 0 bridgehead atoms. The van der Waals surface area contributed by atoms with Crippen molar-refractivity contribution in [1.29, 1.82) is 0 Å². The van der Waals surface area contributed by atoms with Gasteiger partial charge in [-0.2, -0.15) is 0 Å². The first-order valence-electron chi connectivity index (χ1n) is 4.99. The fourth-order valence-corrected chi connectivity index (χ4v) is 1.16. The lowest BCUT2D eigenvalue weighted by Gasteiger charge is -2.09. The van der Waals surface area contributed by atoms with Crippen molar-refractivity contribution in [2.45, 2.75) is 20.3 Å². The van der Waals surface area contributed by atoms with Crippen LogP contribution < -0.4 is 15.8 Å². The van der Waals surface area contributed by atoms with Crippen LogP contribution in [-0.2, 0) is 4.79 Å². The third kappa shape index (κ3) is 3.16. The Bertz CT molecular complexity index is 350. The van der Waals surface area contributed by atoms with Gasteiger partial charge in [0.2, 0.25) is 5.91 Å². The summed E-state index contributed by atoms with van der Waals surface area (Å²) in [5, 5.41) is 2.73. The third-order valence-electron chi connectivity index (χ3n) is 1.91. The minimum absolute atomic E-state index is 0.0291. The lowest BCUT2D eigenvalue weighted by Crippen LogP contribution is -2.09. The maximum atomic E-state index is 11.1. The highest BCUT2D eigenvalue weighted by Crippen LogP contribution is 2.24. The monoisotopic (exact) mass is 208 g/mol. The Morgan fingerprint density at radius 1 is 1.47 bits per heavy atom. The van der Waals surface area contributed by atoms with Gasteiger partial charge in [0.05, 0.1) is 12.3 Å². The molecule has 4 heteroatoms. The van der Waals surface area contributed by atoms with Gasteiger partial charge in [0.25, 0.3) is 0 Å². The van der Waals surface area contributed by atoms with Crippen molar-refractivity contribution in [2.75, 3.05) is 17.7 Å². The summed E-state index contributed by atoms with van der Waals surface area (Å²) < 4.78 is 5.29. The second-order valence-electron chi connectivity index (χ2n) is 3.09. The maximum Gasteiger partial charge on any atom is 0.224 e. The van der Waals surface area contributed by atoms with E-state index in [0.717, 1.165) is 0 Å². The highest BCUT2D eigenvalue weighted by atomic mass is 16.5. The van der Waals surface area contributed by atoms with E-state index < -0.39 is 0 Å². The largest absolute Gasteiger partial charge is 0.492 e. The van der Waals surface area contributed by atoms with E-state index in [1.54, 1.807) is 25.1 Å². The summed E-state index contributed by atoms with van der Waals surface area (Å²) in [7, 11) is 0. The average Bonchev–Trinajstić information content (AvgIpc) is 2.22. The van der Waals surface area contributed by atoms with Crippen LogP contribution in [0, 0.1) is 0 Å². The molecule has 0 spiro atoms. The van der Waals surface area contributed by atoms with E-state index in [1.165, 1.54) is 0 Å². The molecule has 0 heterocycles. The number of hydrogen-bond acceptors (Lipinski definition) is 3. The van der Waals surface area contributed by atoms with E-state index in [1.807, 2.05) is 6.92 Å². The van der Waals surface area contributed by atoms with Gasteiger partial charge in [0.15, 0.2) is 0 Å². The number of carbonyl (C=O) groups is 1. The molecule has 82 valence electrons. The van der Waals surface area contributed by atoms with Gasteiger partial charge in [-0.25, -0.2) is 0 Å². The Morgan fingerprint density at radius 3 is 2.73 bits per heavy atom. The molecule has 0 fully saturated rings. The van der Waals surface area contributed by atoms with Gasteiger partial charge in [-0.15, -0.1) is 0 Å². The smallest absolute Gasteiger partial charge is 0.224 e. The van der Waals surface area contributed by atoms with Gasteiger partial charge in [-0.3, -0.25) is 4.79 Å². The molecule has 0 saturated heterocycles. The molecule has 15 heavy (non-hydrogen) atoms. The van der Waals surface area contributed by atoms with Crippen LogP contribution in [0.4, 0.5) is 11.4 Å². The fraction of sp³-hybridized carbons (Fsp3) is 0.364. The van der Waals surface area contributed by atoms with Crippen LogP contribution in [0.3, 0.4) is 0 Å². The first-order valence-corrected chi connectivity index (χ1v) is 4.99. The Kier molecular flexibility index (Phi) is 3.97. The van der Waals surface area contributed by atoms with E-state index in [-0.39, 0.29) is 5.91 Å². The fourth-order valence-electron chi connectivity index (χ4n) is 1.16. The second kappa shape index (κ2) is 5.24. The number of benzene rings is 1. The first-order chi connectivity index (χ1) is 7.17. The standard InChI is InChI=1S/C11H16N2O2/c1-3-11(14)13-8-5-6-10(15-4-2)9(12)7-8/h5-7H,3-4,12H2,1-2H3,(H,13,14). The minimum Gasteiger partial charge on any atom is -0.492 e. The Labute approximate surface area is 89.4 Å². The zero-order valence-electron chi connectivity index (χ0n) is 9.04. The number of ether oxygens (including phenoxy) is 1. The highest BCUT2D eigenvalue weighted by molar-refractivity contribution is 5.91. The Balaban J connectivity index is 2.77. The van der Waals surface area contributed by atoms with Gasteiger partial charge in [-0.1, -0.05) is 6.92 Å². The van der Waals surface area contributed by atoms with Crippen LogP contribution in [0.25, 0.3) is 0 Å². The topological polar surface area (TPSA) is 64.3 Å². The lowest BCUT2D eigenvalue weighted by molar-refractivity contribution is -0.115. The first kappa shape index (κ1) is 11.4. The average molecular weight is 208 g/mol. The normalized spacial score (nSPS) is 9.73. The van der Waals surface area contributed by atoms with Crippen molar-refractivity contribution < 1.29 is 9.53 Å². The maximum absolute atomic E-state index is 11.1. The molecule has 0 saturated carbocycles. The van der Waals surface area contributed by atoms with Crippen LogP contribution >= 0.6 is 0 Å². The number of anilines is 2.